The van der Waals surface area contributed by atoms with E-state index in [0.29, 0.717) is 34.0 Å². The minimum atomic E-state index is -3.57. The first-order valence-electron chi connectivity index (χ1n) is 7.67. The minimum Gasteiger partial charge on any atom is -0.458 e. The molecule has 4 rings (SSSR count). The van der Waals surface area contributed by atoms with Crippen molar-refractivity contribution in [3.8, 4) is 0 Å². The smallest absolute Gasteiger partial charge is 0.258 e. The highest BCUT2D eigenvalue weighted by Crippen LogP contribution is 2.37. The number of benzene rings is 1. The summed E-state index contributed by atoms with van der Waals surface area (Å²) in [4.78, 5) is 14.5. The van der Waals surface area contributed by atoms with E-state index >= 15 is 0 Å². The Hall–Kier alpha value is -1.10. The third-order valence-electron chi connectivity index (χ3n) is 4.75. The zero-order valence-corrected chi connectivity index (χ0v) is 16.7. The van der Waals surface area contributed by atoms with Gasteiger partial charge in [-0.05, 0) is 30.3 Å². The molecule has 1 aromatic heterocycles. The van der Waals surface area contributed by atoms with Gasteiger partial charge in [0.2, 0.25) is 10.0 Å². The second-order valence-electron chi connectivity index (χ2n) is 6.17. The van der Waals surface area contributed by atoms with Crippen LogP contribution in [0, 0.1) is 9.68 Å². The van der Waals surface area contributed by atoms with Crippen LogP contribution >= 0.6 is 34.2 Å². The van der Waals surface area contributed by atoms with Crippen LogP contribution < -0.4 is 0 Å². The van der Waals surface area contributed by atoms with Gasteiger partial charge in [-0.15, -0.1) is 0 Å². The molecule has 132 valence electrons. The van der Waals surface area contributed by atoms with Gasteiger partial charge in [0.1, 0.15) is 0 Å². The molecule has 0 saturated carbocycles. The summed E-state index contributed by atoms with van der Waals surface area (Å²) in [6.07, 6.45) is 1.48. The molecule has 2 atom stereocenters. The van der Waals surface area contributed by atoms with E-state index in [1.807, 2.05) is 22.6 Å². The van der Waals surface area contributed by atoms with Crippen molar-refractivity contribution in [3.05, 3.63) is 50.9 Å². The molecule has 0 N–H and O–H groups in total. The Morgan fingerprint density at radius 2 is 1.88 bits per heavy atom. The fourth-order valence-corrected chi connectivity index (χ4v) is 5.81. The highest BCUT2D eigenvalue weighted by atomic mass is 127. The molecule has 2 unspecified atom stereocenters. The zero-order chi connectivity index (χ0) is 17.8. The third kappa shape index (κ3) is 2.88. The molecule has 1 amide bonds. The second kappa shape index (κ2) is 6.26. The van der Waals surface area contributed by atoms with Crippen molar-refractivity contribution in [2.45, 2.75) is 10.9 Å². The van der Waals surface area contributed by atoms with Crippen molar-refractivity contribution in [2.75, 3.05) is 19.6 Å². The van der Waals surface area contributed by atoms with E-state index in [1.54, 1.807) is 23.1 Å². The standard InChI is InChI=1S/C16H14ClIN2O4S/c17-11-1-3-12(4-2-11)25(22,23)20-8-10-7-19(9-14(10)20)16(21)13-5-6-24-15(13)18/h1-6,10,14H,7-9H2. The molecule has 2 aromatic rings. The van der Waals surface area contributed by atoms with Crippen molar-refractivity contribution in [3.63, 3.8) is 0 Å². The van der Waals surface area contributed by atoms with Crippen LogP contribution in [0.2, 0.25) is 5.02 Å². The van der Waals surface area contributed by atoms with Crippen LogP contribution in [0.4, 0.5) is 0 Å². The van der Waals surface area contributed by atoms with E-state index in [2.05, 4.69) is 0 Å². The number of hydrogen-bond acceptors (Lipinski definition) is 4. The van der Waals surface area contributed by atoms with Gasteiger partial charge in [-0.2, -0.15) is 4.31 Å². The van der Waals surface area contributed by atoms with Crippen molar-refractivity contribution in [1.82, 2.24) is 9.21 Å². The van der Waals surface area contributed by atoms with Gasteiger partial charge in [-0.25, -0.2) is 8.42 Å². The Morgan fingerprint density at radius 3 is 2.52 bits per heavy atom. The molecule has 2 fully saturated rings. The number of halogens is 2. The van der Waals surface area contributed by atoms with Gasteiger partial charge in [-0.1, -0.05) is 11.6 Å². The Labute approximate surface area is 163 Å². The summed E-state index contributed by atoms with van der Waals surface area (Å²) in [5.41, 5.74) is 0.522. The van der Waals surface area contributed by atoms with Gasteiger partial charge < -0.3 is 9.32 Å². The number of likely N-dealkylation sites (tertiary alicyclic amines) is 1. The molecule has 0 bridgehead atoms. The highest BCUT2D eigenvalue weighted by Gasteiger charge is 2.52. The Bertz CT molecular complexity index is 928. The van der Waals surface area contributed by atoms with Gasteiger partial charge in [0, 0.05) is 59.2 Å². The lowest BCUT2D eigenvalue weighted by Crippen LogP contribution is -2.57. The monoisotopic (exact) mass is 492 g/mol. The Morgan fingerprint density at radius 1 is 1.16 bits per heavy atom. The normalized spacial score (nSPS) is 23.4. The van der Waals surface area contributed by atoms with Crippen molar-refractivity contribution >= 4 is 50.1 Å². The Kier molecular flexibility index (Phi) is 4.33. The fourth-order valence-electron chi connectivity index (χ4n) is 3.39. The van der Waals surface area contributed by atoms with Crippen LogP contribution in [0.1, 0.15) is 10.4 Å². The van der Waals surface area contributed by atoms with E-state index in [9.17, 15) is 13.2 Å². The van der Waals surface area contributed by atoms with Crippen LogP contribution in [0.25, 0.3) is 0 Å². The summed E-state index contributed by atoms with van der Waals surface area (Å²) in [5, 5.41) is 0.493. The van der Waals surface area contributed by atoms with E-state index in [1.165, 1.54) is 22.7 Å². The maximum absolute atomic E-state index is 12.8. The maximum atomic E-state index is 12.8. The largest absolute Gasteiger partial charge is 0.458 e. The number of sulfonamides is 1. The third-order valence-corrected chi connectivity index (χ3v) is 7.74. The summed E-state index contributed by atoms with van der Waals surface area (Å²) in [5.74, 6) is 0.0620. The number of carbonyl (C=O) groups excluding carboxylic acids is 1. The average molecular weight is 493 g/mol. The SMILES string of the molecule is O=C(c1ccoc1I)N1CC2CN(S(=O)(=O)c3ccc(Cl)cc3)C2C1. The van der Waals surface area contributed by atoms with Crippen LogP contribution in [-0.4, -0.2) is 49.2 Å². The lowest BCUT2D eigenvalue weighted by atomic mass is 9.96. The maximum Gasteiger partial charge on any atom is 0.258 e. The first kappa shape index (κ1) is 17.3. The van der Waals surface area contributed by atoms with E-state index in [4.69, 9.17) is 16.0 Å². The first-order valence-corrected chi connectivity index (χ1v) is 10.6. The molecule has 0 radical (unpaired) electrons. The molecule has 2 aliphatic heterocycles. The van der Waals surface area contributed by atoms with Crippen LogP contribution in [-0.2, 0) is 10.0 Å². The summed E-state index contributed by atoms with van der Waals surface area (Å²) < 4.78 is 32.8. The number of fused-ring (bicyclic) bond motifs is 1. The van der Waals surface area contributed by atoms with Crippen molar-refractivity contribution < 1.29 is 17.6 Å². The number of nitrogens with zero attached hydrogens (tertiary/aromatic N) is 2. The number of rotatable bonds is 3. The molecule has 25 heavy (non-hydrogen) atoms. The van der Waals surface area contributed by atoms with Crippen molar-refractivity contribution in [1.29, 1.82) is 0 Å². The lowest BCUT2D eigenvalue weighted by molar-refractivity contribution is 0.0786. The molecule has 9 heteroatoms. The van der Waals surface area contributed by atoms with E-state index < -0.39 is 10.0 Å². The molecule has 0 aliphatic carbocycles. The summed E-state index contributed by atoms with van der Waals surface area (Å²) in [6.45, 7) is 1.40. The molecular weight excluding hydrogens is 479 g/mol. The zero-order valence-electron chi connectivity index (χ0n) is 12.9. The molecular formula is C16H14ClIN2O4S. The van der Waals surface area contributed by atoms with Gasteiger partial charge in [0.15, 0.2) is 3.77 Å². The van der Waals surface area contributed by atoms with Crippen molar-refractivity contribution in [2.24, 2.45) is 5.92 Å². The topological polar surface area (TPSA) is 70.8 Å². The first-order chi connectivity index (χ1) is 11.9. The fraction of sp³-hybridized carbons (Fsp3) is 0.312. The number of carbonyl (C=O) groups is 1. The number of hydrogen-bond donors (Lipinski definition) is 0. The van der Waals surface area contributed by atoms with Gasteiger partial charge >= 0.3 is 0 Å². The Balaban J connectivity index is 1.51. The van der Waals surface area contributed by atoms with Crippen LogP contribution in [0.5, 0.6) is 0 Å². The lowest BCUT2D eigenvalue weighted by Gasteiger charge is -2.41. The quantitative estimate of drug-likeness (QED) is 0.618. The average Bonchev–Trinajstić information content (AvgIpc) is 3.11. The summed E-state index contributed by atoms with van der Waals surface area (Å²) in [6, 6.07) is 7.63. The van der Waals surface area contributed by atoms with E-state index in [-0.39, 0.29) is 22.8 Å². The molecule has 2 aliphatic rings. The summed E-state index contributed by atoms with van der Waals surface area (Å²) in [7, 11) is -3.57. The second-order valence-corrected chi connectivity index (χ2v) is 9.48. The molecule has 6 nitrogen and oxygen atoms in total. The molecule has 2 saturated heterocycles. The van der Waals surface area contributed by atoms with Gasteiger partial charge in [-0.3, -0.25) is 4.79 Å². The molecule has 1 aromatic carbocycles. The number of furan rings is 1. The van der Waals surface area contributed by atoms with Crippen LogP contribution in [0.15, 0.2) is 45.9 Å². The highest BCUT2D eigenvalue weighted by molar-refractivity contribution is 14.1. The van der Waals surface area contributed by atoms with E-state index in [0.717, 1.165) is 0 Å². The number of amides is 1. The van der Waals surface area contributed by atoms with Crippen LogP contribution in [0.3, 0.4) is 0 Å². The van der Waals surface area contributed by atoms with Gasteiger partial charge in [0.05, 0.1) is 16.7 Å². The molecule has 3 heterocycles. The predicted molar refractivity (Wildman–Crippen MR) is 100.0 cm³/mol. The minimum absolute atomic E-state index is 0.114. The summed E-state index contributed by atoms with van der Waals surface area (Å²) >= 11 is 7.81. The van der Waals surface area contributed by atoms with Gasteiger partial charge in [0.25, 0.3) is 5.91 Å². The molecule has 0 spiro atoms. The predicted octanol–water partition coefficient (Wildman–Crippen LogP) is 2.68.